The maximum absolute atomic E-state index is 13.5. The van der Waals surface area contributed by atoms with Crippen molar-refractivity contribution >= 4 is 23.0 Å². The number of aryl methyl sites for hydroxylation is 2. The lowest BCUT2D eigenvalue weighted by Gasteiger charge is -2.29. The first-order valence-electron chi connectivity index (χ1n) is 11.2. The van der Waals surface area contributed by atoms with Gasteiger partial charge in [0.25, 0.3) is 0 Å². The molecule has 1 N–H and O–H groups in total. The van der Waals surface area contributed by atoms with E-state index in [0.717, 1.165) is 34.3 Å². The van der Waals surface area contributed by atoms with E-state index in [9.17, 15) is 13.2 Å². The summed E-state index contributed by atoms with van der Waals surface area (Å²) >= 11 is 5.80. The zero-order chi connectivity index (χ0) is 24.7. The summed E-state index contributed by atoms with van der Waals surface area (Å²) in [5, 5.41) is 3.95. The molecule has 0 amide bonds. The van der Waals surface area contributed by atoms with E-state index in [-0.39, 0.29) is 12.1 Å². The SMILES string of the molecule is Cc1cc(C)cc(N2C(=S)N[C@H](c3ccccn3)[C@H]2c2cccn2-c2cccc(C(F)(F)F)c2)c1. The van der Waals surface area contributed by atoms with Crippen LogP contribution < -0.4 is 10.2 Å². The van der Waals surface area contributed by atoms with E-state index in [4.69, 9.17) is 12.2 Å². The first kappa shape index (κ1) is 23.1. The third kappa shape index (κ3) is 4.41. The number of rotatable bonds is 4. The molecule has 2 atom stereocenters. The Morgan fingerprint density at radius 1 is 0.886 bits per heavy atom. The predicted octanol–water partition coefficient (Wildman–Crippen LogP) is 6.69. The minimum Gasteiger partial charge on any atom is -0.351 e. The largest absolute Gasteiger partial charge is 0.416 e. The molecule has 0 radical (unpaired) electrons. The van der Waals surface area contributed by atoms with E-state index in [1.807, 2.05) is 49.1 Å². The molecule has 1 fully saturated rings. The summed E-state index contributed by atoms with van der Waals surface area (Å²) in [6.07, 6.45) is -0.925. The second-order valence-corrected chi connectivity index (χ2v) is 9.08. The van der Waals surface area contributed by atoms with E-state index in [0.29, 0.717) is 10.8 Å². The third-order valence-electron chi connectivity index (χ3n) is 6.12. The second kappa shape index (κ2) is 8.85. The normalized spacial score (nSPS) is 18.1. The first-order valence-corrected chi connectivity index (χ1v) is 11.6. The number of hydrogen-bond donors (Lipinski definition) is 1. The highest BCUT2D eigenvalue weighted by atomic mass is 32.1. The molecule has 2 aromatic carbocycles. The molecule has 3 heterocycles. The summed E-state index contributed by atoms with van der Waals surface area (Å²) < 4.78 is 42.1. The van der Waals surface area contributed by atoms with Crippen LogP contribution in [0.3, 0.4) is 0 Å². The number of halogens is 3. The number of anilines is 1. The molecule has 178 valence electrons. The molecule has 5 rings (SSSR count). The van der Waals surface area contributed by atoms with Gasteiger partial charge in [0.1, 0.15) is 6.04 Å². The average molecular weight is 493 g/mol. The van der Waals surface area contributed by atoms with E-state index < -0.39 is 11.7 Å². The van der Waals surface area contributed by atoms with Crippen molar-refractivity contribution in [1.82, 2.24) is 14.9 Å². The molecule has 8 heteroatoms. The smallest absolute Gasteiger partial charge is 0.351 e. The summed E-state index contributed by atoms with van der Waals surface area (Å²) in [7, 11) is 0. The van der Waals surface area contributed by atoms with Crippen LogP contribution in [0.5, 0.6) is 0 Å². The van der Waals surface area contributed by atoms with Crippen LogP contribution >= 0.6 is 12.2 Å². The van der Waals surface area contributed by atoms with Crippen LogP contribution in [-0.2, 0) is 6.18 Å². The Hall–Kier alpha value is -3.65. The Labute approximate surface area is 207 Å². The number of nitrogens with one attached hydrogen (secondary N) is 1. The molecule has 1 aliphatic rings. The van der Waals surface area contributed by atoms with E-state index in [2.05, 4.69) is 28.5 Å². The van der Waals surface area contributed by atoms with Gasteiger partial charge in [0, 0.05) is 29.5 Å². The molecule has 4 nitrogen and oxygen atoms in total. The summed E-state index contributed by atoms with van der Waals surface area (Å²) in [6.45, 7) is 4.05. The van der Waals surface area contributed by atoms with Crippen molar-refractivity contribution in [3.05, 3.63) is 113 Å². The van der Waals surface area contributed by atoms with Crippen LogP contribution in [0.2, 0.25) is 0 Å². The van der Waals surface area contributed by atoms with Gasteiger partial charge in [-0.3, -0.25) is 4.98 Å². The average Bonchev–Trinajstić information content (AvgIpc) is 3.43. The number of pyridine rings is 1. The fourth-order valence-electron chi connectivity index (χ4n) is 4.73. The van der Waals surface area contributed by atoms with Gasteiger partial charge in [0.15, 0.2) is 5.11 Å². The van der Waals surface area contributed by atoms with Crippen LogP contribution in [0.4, 0.5) is 18.9 Å². The van der Waals surface area contributed by atoms with Crippen molar-refractivity contribution < 1.29 is 13.2 Å². The fraction of sp³-hybridized carbons (Fsp3) is 0.185. The molecule has 4 aromatic rings. The van der Waals surface area contributed by atoms with Gasteiger partial charge in [-0.1, -0.05) is 18.2 Å². The van der Waals surface area contributed by atoms with E-state index >= 15 is 0 Å². The number of hydrogen-bond acceptors (Lipinski definition) is 2. The van der Waals surface area contributed by atoms with Gasteiger partial charge in [0.05, 0.1) is 17.3 Å². The highest BCUT2D eigenvalue weighted by Gasteiger charge is 2.42. The van der Waals surface area contributed by atoms with Crippen LogP contribution in [0.1, 0.15) is 40.2 Å². The van der Waals surface area contributed by atoms with Crippen molar-refractivity contribution in [1.29, 1.82) is 0 Å². The van der Waals surface area contributed by atoms with Gasteiger partial charge >= 0.3 is 6.18 Å². The van der Waals surface area contributed by atoms with Gasteiger partial charge < -0.3 is 14.8 Å². The highest BCUT2D eigenvalue weighted by Crippen LogP contribution is 2.43. The Morgan fingerprint density at radius 2 is 1.66 bits per heavy atom. The van der Waals surface area contributed by atoms with Gasteiger partial charge in [0.2, 0.25) is 0 Å². The maximum atomic E-state index is 13.5. The van der Waals surface area contributed by atoms with E-state index in [1.165, 1.54) is 12.1 Å². The zero-order valence-corrected chi connectivity index (χ0v) is 19.9. The number of alkyl halides is 3. The topological polar surface area (TPSA) is 33.1 Å². The summed E-state index contributed by atoms with van der Waals surface area (Å²) in [4.78, 5) is 6.60. The molecule has 0 spiro atoms. The van der Waals surface area contributed by atoms with Crippen LogP contribution in [0.25, 0.3) is 5.69 Å². The Kier molecular flexibility index (Phi) is 5.84. The molecule has 0 unspecified atom stereocenters. The highest BCUT2D eigenvalue weighted by molar-refractivity contribution is 7.80. The molecule has 35 heavy (non-hydrogen) atoms. The van der Waals surface area contributed by atoms with Crippen LogP contribution in [0.15, 0.2) is 85.2 Å². The predicted molar refractivity (Wildman–Crippen MR) is 135 cm³/mol. The maximum Gasteiger partial charge on any atom is 0.416 e. The number of aromatic nitrogens is 2. The molecule has 0 saturated carbocycles. The van der Waals surface area contributed by atoms with Crippen molar-refractivity contribution in [2.75, 3.05) is 4.90 Å². The summed E-state index contributed by atoms with van der Waals surface area (Å²) in [5.74, 6) is 0. The molecular formula is C27H23F3N4S. The van der Waals surface area contributed by atoms with Gasteiger partial charge in [-0.2, -0.15) is 13.2 Å². The van der Waals surface area contributed by atoms with E-state index in [1.54, 1.807) is 23.0 Å². The molecule has 1 aliphatic heterocycles. The van der Waals surface area contributed by atoms with Gasteiger partial charge in [-0.25, -0.2) is 0 Å². The number of thiocarbonyl (C=S) groups is 1. The minimum atomic E-state index is -4.43. The van der Waals surface area contributed by atoms with Gasteiger partial charge in [-0.05, 0) is 91.8 Å². The lowest BCUT2D eigenvalue weighted by atomic mass is 10.00. The lowest BCUT2D eigenvalue weighted by Crippen LogP contribution is -2.30. The van der Waals surface area contributed by atoms with Crippen molar-refractivity contribution in [2.45, 2.75) is 32.1 Å². The standard InChI is InChI=1S/C27H23F3N4S/c1-17-13-18(2)15-21(14-17)34-25(24(32-26(34)35)22-9-3-4-11-31-22)23-10-6-12-33(23)20-8-5-7-19(16-20)27(28,29)30/h3-16,24-25H,1-2H3,(H,32,35)/t24-,25-/m1/s1. The Balaban J connectivity index is 1.68. The lowest BCUT2D eigenvalue weighted by molar-refractivity contribution is -0.137. The molecule has 2 aromatic heterocycles. The van der Waals surface area contributed by atoms with Crippen molar-refractivity contribution in [3.63, 3.8) is 0 Å². The summed E-state index contributed by atoms with van der Waals surface area (Å²) in [6, 6.07) is 20.4. The fourth-order valence-corrected chi connectivity index (χ4v) is 5.07. The van der Waals surface area contributed by atoms with Crippen molar-refractivity contribution in [3.8, 4) is 5.69 Å². The quantitative estimate of drug-likeness (QED) is 0.322. The minimum absolute atomic E-state index is 0.302. The molecular weight excluding hydrogens is 469 g/mol. The van der Waals surface area contributed by atoms with Crippen LogP contribution in [0, 0.1) is 13.8 Å². The molecule has 0 bridgehead atoms. The Morgan fingerprint density at radius 3 is 2.34 bits per heavy atom. The summed E-state index contributed by atoms with van der Waals surface area (Å²) in [5.41, 5.74) is 4.43. The number of nitrogens with zero attached hydrogens (tertiary/aromatic N) is 3. The Bertz CT molecular complexity index is 1360. The second-order valence-electron chi connectivity index (χ2n) is 8.69. The van der Waals surface area contributed by atoms with Gasteiger partial charge in [-0.15, -0.1) is 0 Å². The molecule has 1 saturated heterocycles. The molecule has 0 aliphatic carbocycles. The first-order chi connectivity index (χ1) is 16.7. The van der Waals surface area contributed by atoms with Crippen LogP contribution in [-0.4, -0.2) is 14.7 Å². The number of benzene rings is 2. The van der Waals surface area contributed by atoms with Crippen molar-refractivity contribution in [2.24, 2.45) is 0 Å². The third-order valence-corrected chi connectivity index (χ3v) is 6.43. The monoisotopic (exact) mass is 492 g/mol. The zero-order valence-electron chi connectivity index (χ0n) is 19.1.